The first-order valence-corrected chi connectivity index (χ1v) is 6.67. The fourth-order valence-electron chi connectivity index (χ4n) is 3.07. The van der Waals surface area contributed by atoms with Gasteiger partial charge in [-0.3, -0.25) is 0 Å². The van der Waals surface area contributed by atoms with E-state index in [1.54, 1.807) is 0 Å². The van der Waals surface area contributed by atoms with Gasteiger partial charge < -0.3 is 10.1 Å². The van der Waals surface area contributed by atoms with Crippen LogP contribution in [0.25, 0.3) is 0 Å². The van der Waals surface area contributed by atoms with Gasteiger partial charge in [0.05, 0.1) is 6.10 Å². The van der Waals surface area contributed by atoms with Gasteiger partial charge in [-0.1, -0.05) is 19.3 Å². The number of nitrogens with one attached hydrogen (secondary N) is 1. The van der Waals surface area contributed by atoms with E-state index in [0.29, 0.717) is 6.10 Å². The molecule has 0 aromatic carbocycles. The Hall–Kier alpha value is -0.0800. The molecule has 0 aliphatic heterocycles. The normalized spacial score (nSPS) is 34.2. The van der Waals surface area contributed by atoms with Gasteiger partial charge in [-0.05, 0) is 38.5 Å². The van der Waals surface area contributed by atoms with Crippen LogP contribution < -0.4 is 5.32 Å². The molecular formula is C13H25NO. The van der Waals surface area contributed by atoms with Crippen molar-refractivity contribution in [2.24, 2.45) is 0 Å². The van der Waals surface area contributed by atoms with Crippen LogP contribution in [-0.4, -0.2) is 25.3 Å². The monoisotopic (exact) mass is 211 g/mol. The second kappa shape index (κ2) is 5.86. The van der Waals surface area contributed by atoms with E-state index < -0.39 is 0 Å². The number of hydrogen-bond acceptors (Lipinski definition) is 2. The van der Waals surface area contributed by atoms with Crippen LogP contribution in [-0.2, 0) is 4.74 Å². The van der Waals surface area contributed by atoms with E-state index in [2.05, 4.69) is 5.32 Å². The zero-order chi connectivity index (χ0) is 10.5. The number of rotatable bonds is 3. The third kappa shape index (κ3) is 3.46. The Morgan fingerprint density at radius 1 is 0.800 bits per heavy atom. The smallest absolute Gasteiger partial charge is 0.0572 e. The Kier molecular flexibility index (Phi) is 4.45. The molecule has 2 saturated carbocycles. The van der Waals surface area contributed by atoms with E-state index in [4.69, 9.17) is 4.74 Å². The molecule has 88 valence electrons. The van der Waals surface area contributed by atoms with E-state index in [-0.39, 0.29) is 0 Å². The predicted molar refractivity (Wildman–Crippen MR) is 63.1 cm³/mol. The van der Waals surface area contributed by atoms with Crippen LogP contribution in [0.5, 0.6) is 0 Å². The quantitative estimate of drug-likeness (QED) is 0.775. The summed E-state index contributed by atoms with van der Waals surface area (Å²) in [6.45, 7) is 0. The van der Waals surface area contributed by atoms with Crippen molar-refractivity contribution in [3.8, 4) is 0 Å². The summed E-state index contributed by atoms with van der Waals surface area (Å²) in [4.78, 5) is 0. The summed E-state index contributed by atoms with van der Waals surface area (Å²) < 4.78 is 5.40. The highest BCUT2D eigenvalue weighted by atomic mass is 16.5. The lowest BCUT2D eigenvalue weighted by molar-refractivity contribution is 0.0604. The Morgan fingerprint density at radius 3 is 2.00 bits per heavy atom. The molecule has 0 atom stereocenters. The van der Waals surface area contributed by atoms with Crippen LogP contribution in [0.3, 0.4) is 0 Å². The van der Waals surface area contributed by atoms with Crippen molar-refractivity contribution >= 4 is 0 Å². The summed E-state index contributed by atoms with van der Waals surface area (Å²) in [5, 5.41) is 3.85. The molecule has 1 N–H and O–H groups in total. The van der Waals surface area contributed by atoms with Crippen LogP contribution in [0.4, 0.5) is 0 Å². The van der Waals surface area contributed by atoms with Gasteiger partial charge in [-0.25, -0.2) is 0 Å². The molecule has 2 rings (SSSR count). The fraction of sp³-hybridized carbons (Fsp3) is 1.00. The molecule has 2 aliphatic carbocycles. The third-order valence-corrected chi connectivity index (χ3v) is 4.08. The molecule has 2 fully saturated rings. The summed E-state index contributed by atoms with van der Waals surface area (Å²) in [5.41, 5.74) is 0. The highest BCUT2D eigenvalue weighted by molar-refractivity contribution is 4.82. The molecule has 0 bridgehead atoms. The number of ether oxygens (including phenoxy) is 1. The van der Waals surface area contributed by atoms with Crippen molar-refractivity contribution in [2.75, 3.05) is 7.11 Å². The third-order valence-electron chi connectivity index (χ3n) is 4.08. The maximum Gasteiger partial charge on any atom is 0.0572 e. The molecule has 2 nitrogen and oxygen atoms in total. The molecule has 0 amide bonds. The van der Waals surface area contributed by atoms with Crippen LogP contribution in [0, 0.1) is 0 Å². The van der Waals surface area contributed by atoms with Crippen LogP contribution >= 0.6 is 0 Å². The second-order valence-electron chi connectivity index (χ2n) is 5.21. The highest BCUT2D eigenvalue weighted by Gasteiger charge is 2.23. The van der Waals surface area contributed by atoms with Crippen molar-refractivity contribution in [3.05, 3.63) is 0 Å². The van der Waals surface area contributed by atoms with Crippen LogP contribution in [0.1, 0.15) is 57.8 Å². The first-order chi connectivity index (χ1) is 7.38. The molecule has 0 unspecified atom stereocenters. The summed E-state index contributed by atoms with van der Waals surface area (Å²) >= 11 is 0. The van der Waals surface area contributed by atoms with E-state index in [9.17, 15) is 0 Å². The average Bonchev–Trinajstić information content (AvgIpc) is 2.31. The minimum absolute atomic E-state index is 0.536. The van der Waals surface area contributed by atoms with Crippen molar-refractivity contribution in [1.29, 1.82) is 0 Å². The predicted octanol–water partition coefficient (Wildman–Crippen LogP) is 2.87. The zero-order valence-electron chi connectivity index (χ0n) is 10.0. The van der Waals surface area contributed by atoms with Crippen molar-refractivity contribution in [1.82, 2.24) is 5.32 Å². The van der Waals surface area contributed by atoms with Crippen molar-refractivity contribution < 1.29 is 4.74 Å². The van der Waals surface area contributed by atoms with Gasteiger partial charge in [0.25, 0.3) is 0 Å². The maximum absolute atomic E-state index is 5.40. The summed E-state index contributed by atoms with van der Waals surface area (Å²) in [7, 11) is 1.85. The van der Waals surface area contributed by atoms with Crippen LogP contribution in [0.15, 0.2) is 0 Å². The van der Waals surface area contributed by atoms with Gasteiger partial charge in [0.2, 0.25) is 0 Å². The van der Waals surface area contributed by atoms with Crippen molar-refractivity contribution in [3.63, 3.8) is 0 Å². The van der Waals surface area contributed by atoms with E-state index >= 15 is 0 Å². The van der Waals surface area contributed by atoms with E-state index in [0.717, 1.165) is 12.1 Å². The molecule has 0 heterocycles. The fourth-order valence-corrected chi connectivity index (χ4v) is 3.07. The van der Waals surface area contributed by atoms with Crippen LogP contribution in [0.2, 0.25) is 0 Å². The summed E-state index contributed by atoms with van der Waals surface area (Å²) in [6, 6.07) is 1.60. The lowest BCUT2D eigenvalue weighted by Crippen LogP contribution is -2.42. The molecule has 0 saturated heterocycles. The lowest BCUT2D eigenvalue weighted by Gasteiger charge is -2.33. The van der Waals surface area contributed by atoms with Gasteiger partial charge in [0.15, 0.2) is 0 Å². The van der Waals surface area contributed by atoms with E-state index in [1.165, 1.54) is 57.8 Å². The average molecular weight is 211 g/mol. The Morgan fingerprint density at radius 2 is 1.40 bits per heavy atom. The molecule has 15 heavy (non-hydrogen) atoms. The Bertz CT molecular complexity index is 169. The van der Waals surface area contributed by atoms with Crippen molar-refractivity contribution in [2.45, 2.75) is 76.0 Å². The zero-order valence-corrected chi connectivity index (χ0v) is 10.0. The maximum atomic E-state index is 5.40. The molecule has 0 radical (unpaired) electrons. The Labute approximate surface area is 93.8 Å². The van der Waals surface area contributed by atoms with Gasteiger partial charge in [0, 0.05) is 19.2 Å². The summed E-state index contributed by atoms with van der Waals surface area (Å²) in [6.07, 6.45) is 12.8. The largest absolute Gasteiger partial charge is 0.381 e. The molecule has 0 aromatic rings. The lowest BCUT2D eigenvalue weighted by atomic mass is 9.90. The first-order valence-electron chi connectivity index (χ1n) is 6.67. The molecule has 2 heteroatoms. The number of methoxy groups -OCH3 is 1. The van der Waals surface area contributed by atoms with E-state index in [1.807, 2.05) is 7.11 Å². The minimum Gasteiger partial charge on any atom is -0.381 e. The molecular weight excluding hydrogens is 186 g/mol. The molecule has 2 aliphatic rings. The SMILES string of the molecule is COC1CCC(NC2CCCCC2)CC1. The standard InChI is InChI=1S/C13H25NO/c1-15-13-9-7-12(8-10-13)14-11-5-3-2-4-6-11/h11-14H,2-10H2,1H3. The topological polar surface area (TPSA) is 21.3 Å². The molecule has 0 aromatic heterocycles. The van der Waals surface area contributed by atoms with Gasteiger partial charge in [-0.2, -0.15) is 0 Å². The number of hydrogen-bond donors (Lipinski definition) is 1. The molecule has 0 spiro atoms. The Balaban J connectivity index is 1.67. The van der Waals surface area contributed by atoms with Gasteiger partial charge in [-0.15, -0.1) is 0 Å². The minimum atomic E-state index is 0.536. The highest BCUT2D eigenvalue weighted by Crippen LogP contribution is 2.24. The van der Waals surface area contributed by atoms with Gasteiger partial charge >= 0.3 is 0 Å². The summed E-state index contributed by atoms with van der Waals surface area (Å²) in [5.74, 6) is 0. The second-order valence-corrected chi connectivity index (χ2v) is 5.21. The first kappa shape index (κ1) is 11.4. The van der Waals surface area contributed by atoms with Gasteiger partial charge in [0.1, 0.15) is 0 Å².